The summed E-state index contributed by atoms with van der Waals surface area (Å²) in [5.41, 5.74) is 5.72. The Morgan fingerprint density at radius 3 is 2.14 bits per heavy atom. The van der Waals surface area contributed by atoms with E-state index in [9.17, 15) is 0 Å². The Bertz CT molecular complexity index is 2850. The van der Waals surface area contributed by atoms with Gasteiger partial charge in [0, 0.05) is 49.6 Å². The molecule has 9 aromatic rings. The van der Waals surface area contributed by atoms with Gasteiger partial charge < -0.3 is 0 Å². The molecule has 0 aliphatic heterocycles. The van der Waals surface area contributed by atoms with Crippen molar-refractivity contribution in [3.63, 3.8) is 0 Å². The fourth-order valence-corrected chi connectivity index (χ4v) is 8.48. The molecule has 0 N–H and O–H groups in total. The first-order valence-corrected chi connectivity index (χ1v) is 17.9. The van der Waals surface area contributed by atoms with Gasteiger partial charge in [-0.15, -0.1) is 11.3 Å². The van der Waals surface area contributed by atoms with Gasteiger partial charge in [0.2, 0.25) is 5.95 Å². The third-order valence-corrected chi connectivity index (χ3v) is 11.1. The van der Waals surface area contributed by atoms with Crippen molar-refractivity contribution < 1.29 is 0 Å². The summed E-state index contributed by atoms with van der Waals surface area (Å²) in [7, 11) is 0. The number of benzene rings is 5. The Morgan fingerprint density at radius 2 is 1.31 bits per heavy atom. The molecule has 1 aliphatic rings. The van der Waals surface area contributed by atoms with Crippen LogP contribution in [0.15, 0.2) is 152 Å². The number of rotatable bonds is 5. The number of hydrogen-bond acceptors (Lipinski definition) is 6. The molecular weight excluding hydrogens is 645 g/mol. The van der Waals surface area contributed by atoms with E-state index in [1.807, 2.05) is 29.8 Å². The zero-order chi connectivity index (χ0) is 33.9. The summed E-state index contributed by atoms with van der Waals surface area (Å²) < 4.78 is 4.69. The van der Waals surface area contributed by atoms with E-state index in [-0.39, 0.29) is 5.41 Å². The predicted molar refractivity (Wildman–Crippen MR) is 209 cm³/mol. The standard InChI is InChI=1S/C44H30N6S/c1-44(23-10-3-11-24-44)42-48-40(30-16-12-15-29(25-30)28-13-4-2-5-14-28)47-41(49-42)31-26-45-43(46-27-31)50-36-19-8-6-17-32(36)34-21-22-35-33-18-7-9-20-37(33)51-39(35)38(34)50/h2-23,25-27H,24H2,1H3. The van der Waals surface area contributed by atoms with Crippen molar-refractivity contribution in [2.45, 2.75) is 18.8 Å². The van der Waals surface area contributed by atoms with Crippen LogP contribution in [0.4, 0.5) is 0 Å². The molecule has 51 heavy (non-hydrogen) atoms. The summed E-state index contributed by atoms with van der Waals surface area (Å²) in [6.07, 6.45) is 13.0. The topological polar surface area (TPSA) is 69.4 Å². The van der Waals surface area contributed by atoms with Gasteiger partial charge in [-0.3, -0.25) is 4.57 Å². The maximum Gasteiger partial charge on any atom is 0.234 e. The van der Waals surface area contributed by atoms with E-state index in [1.54, 1.807) is 0 Å². The van der Waals surface area contributed by atoms with Gasteiger partial charge in [-0.05, 0) is 42.7 Å². The van der Waals surface area contributed by atoms with Crippen LogP contribution in [0.1, 0.15) is 19.2 Å². The van der Waals surface area contributed by atoms with Gasteiger partial charge in [0.15, 0.2) is 11.6 Å². The lowest BCUT2D eigenvalue weighted by Crippen LogP contribution is -2.24. The van der Waals surface area contributed by atoms with Crippen LogP contribution in [0.3, 0.4) is 0 Å². The summed E-state index contributed by atoms with van der Waals surface area (Å²) in [4.78, 5) is 25.2. The average Bonchev–Trinajstić information content (AvgIpc) is 3.75. The van der Waals surface area contributed by atoms with Crippen molar-refractivity contribution in [1.29, 1.82) is 0 Å². The molecule has 0 bridgehead atoms. The highest BCUT2D eigenvalue weighted by Crippen LogP contribution is 2.42. The molecule has 6 nitrogen and oxygen atoms in total. The molecule has 4 aromatic heterocycles. The predicted octanol–water partition coefficient (Wildman–Crippen LogP) is 10.9. The number of para-hydroxylation sites is 1. The van der Waals surface area contributed by atoms with Crippen molar-refractivity contribution in [2.24, 2.45) is 0 Å². The van der Waals surface area contributed by atoms with Gasteiger partial charge >= 0.3 is 0 Å². The maximum absolute atomic E-state index is 5.08. The molecule has 1 aliphatic carbocycles. The monoisotopic (exact) mass is 674 g/mol. The first-order valence-electron chi connectivity index (χ1n) is 17.1. The average molecular weight is 675 g/mol. The van der Waals surface area contributed by atoms with Crippen LogP contribution in [0.25, 0.3) is 81.8 Å². The number of thiophene rings is 1. The minimum Gasteiger partial charge on any atom is -0.276 e. The minimum absolute atomic E-state index is 0.377. The van der Waals surface area contributed by atoms with E-state index in [4.69, 9.17) is 24.9 Å². The van der Waals surface area contributed by atoms with Gasteiger partial charge in [0.25, 0.3) is 0 Å². The number of hydrogen-bond donors (Lipinski definition) is 0. The fraction of sp³-hybridized carbons (Fsp3) is 0.0682. The molecule has 0 saturated carbocycles. The van der Waals surface area contributed by atoms with Crippen LogP contribution in [-0.2, 0) is 5.41 Å². The number of fused-ring (bicyclic) bond motifs is 7. The van der Waals surface area contributed by atoms with Gasteiger partial charge in [-0.1, -0.05) is 121 Å². The maximum atomic E-state index is 5.08. The number of nitrogens with zero attached hydrogens (tertiary/aromatic N) is 6. The molecule has 0 fully saturated rings. The summed E-state index contributed by atoms with van der Waals surface area (Å²) in [6.45, 7) is 2.17. The second kappa shape index (κ2) is 11.6. The summed E-state index contributed by atoms with van der Waals surface area (Å²) >= 11 is 1.82. The van der Waals surface area contributed by atoms with Crippen molar-refractivity contribution in [1.82, 2.24) is 29.5 Å². The van der Waals surface area contributed by atoms with Gasteiger partial charge in [0.05, 0.1) is 21.3 Å². The lowest BCUT2D eigenvalue weighted by atomic mass is 9.83. The van der Waals surface area contributed by atoms with Gasteiger partial charge in [0.1, 0.15) is 5.82 Å². The Kier molecular flexibility index (Phi) is 6.76. The van der Waals surface area contributed by atoms with Gasteiger partial charge in [-0.25, -0.2) is 24.9 Å². The molecule has 0 radical (unpaired) electrons. The zero-order valence-corrected chi connectivity index (χ0v) is 28.5. The molecule has 0 amide bonds. The Labute approximate surface area is 298 Å². The summed E-state index contributed by atoms with van der Waals surface area (Å²) in [5, 5.41) is 4.86. The van der Waals surface area contributed by atoms with Crippen molar-refractivity contribution >= 4 is 53.3 Å². The first-order chi connectivity index (χ1) is 25.1. The summed E-state index contributed by atoms with van der Waals surface area (Å²) in [6, 6.07) is 40.3. The first kappa shape index (κ1) is 29.6. The Balaban J connectivity index is 1.13. The van der Waals surface area contributed by atoms with E-state index >= 15 is 0 Å². The molecular formula is C44H30N6S. The van der Waals surface area contributed by atoms with Crippen molar-refractivity contribution in [3.8, 4) is 39.9 Å². The SMILES string of the molecule is CC1(c2nc(-c3cnc(-n4c5ccccc5c5ccc6c7ccccc7sc6c54)nc3)nc(-c3cccc(-c4ccccc4)c3)n2)C=CC=CC1. The Morgan fingerprint density at radius 1 is 0.608 bits per heavy atom. The van der Waals surface area contributed by atoms with Gasteiger partial charge in [-0.2, -0.15) is 0 Å². The van der Waals surface area contributed by atoms with E-state index in [2.05, 4.69) is 145 Å². The molecule has 5 aromatic carbocycles. The third-order valence-electron chi connectivity index (χ3n) is 9.90. The quantitative estimate of drug-likeness (QED) is 0.182. The molecule has 1 unspecified atom stereocenters. The molecule has 0 spiro atoms. The van der Waals surface area contributed by atoms with Crippen molar-refractivity contribution in [3.05, 3.63) is 158 Å². The lowest BCUT2D eigenvalue weighted by Gasteiger charge is -2.25. The van der Waals surface area contributed by atoms with Crippen LogP contribution >= 0.6 is 11.3 Å². The third kappa shape index (κ3) is 4.88. The van der Waals surface area contributed by atoms with E-state index in [1.165, 1.54) is 30.9 Å². The van der Waals surface area contributed by atoms with E-state index in [0.29, 0.717) is 23.4 Å². The second-order valence-electron chi connectivity index (χ2n) is 13.2. The highest BCUT2D eigenvalue weighted by molar-refractivity contribution is 7.26. The number of aromatic nitrogens is 6. The molecule has 242 valence electrons. The molecule has 4 heterocycles. The number of allylic oxidation sites excluding steroid dienone is 4. The summed E-state index contributed by atoms with van der Waals surface area (Å²) in [5.74, 6) is 2.49. The Hall–Kier alpha value is -6.31. The fourth-order valence-electron chi connectivity index (χ4n) is 7.24. The molecule has 1 atom stereocenters. The zero-order valence-electron chi connectivity index (χ0n) is 27.7. The van der Waals surface area contributed by atoms with Crippen LogP contribution in [0.5, 0.6) is 0 Å². The lowest BCUT2D eigenvalue weighted by molar-refractivity contribution is 0.554. The molecule has 10 rings (SSSR count). The highest BCUT2D eigenvalue weighted by Gasteiger charge is 2.29. The van der Waals surface area contributed by atoms with E-state index in [0.717, 1.165) is 39.7 Å². The highest BCUT2D eigenvalue weighted by atomic mass is 32.1. The van der Waals surface area contributed by atoms with Crippen LogP contribution in [0, 0.1) is 0 Å². The van der Waals surface area contributed by atoms with Crippen LogP contribution < -0.4 is 0 Å². The van der Waals surface area contributed by atoms with Crippen LogP contribution in [0.2, 0.25) is 0 Å². The minimum atomic E-state index is -0.377. The smallest absolute Gasteiger partial charge is 0.234 e. The normalized spacial score (nSPS) is 15.8. The molecule has 0 saturated heterocycles. The second-order valence-corrected chi connectivity index (χ2v) is 14.3. The van der Waals surface area contributed by atoms with Crippen LogP contribution in [-0.4, -0.2) is 29.5 Å². The molecule has 7 heteroatoms. The van der Waals surface area contributed by atoms with Crippen molar-refractivity contribution in [2.75, 3.05) is 0 Å². The van der Waals surface area contributed by atoms with E-state index < -0.39 is 0 Å². The largest absolute Gasteiger partial charge is 0.276 e.